The normalized spacial score (nSPS) is 23.5. The predicted molar refractivity (Wildman–Crippen MR) is 96.2 cm³/mol. The Morgan fingerprint density at radius 3 is 2.35 bits per heavy atom. The number of amides is 1. The van der Waals surface area contributed by atoms with Crippen LogP contribution in [0.5, 0.6) is 0 Å². The number of carbonyl (C=O) groups excluding carboxylic acids is 1. The van der Waals surface area contributed by atoms with Crippen molar-refractivity contribution in [1.29, 1.82) is 0 Å². The van der Waals surface area contributed by atoms with E-state index in [4.69, 9.17) is 9.84 Å². The largest absolute Gasteiger partial charge is 0.480 e. The van der Waals surface area contributed by atoms with E-state index in [1.165, 1.54) is 19.3 Å². The molecule has 1 heterocycles. The molecule has 1 unspecified atom stereocenters. The van der Waals surface area contributed by atoms with Crippen molar-refractivity contribution in [2.45, 2.75) is 51.0 Å². The molecule has 0 spiro atoms. The molecule has 0 bridgehead atoms. The van der Waals surface area contributed by atoms with Crippen LogP contribution < -0.4 is 0 Å². The minimum Gasteiger partial charge on any atom is -0.480 e. The van der Waals surface area contributed by atoms with Crippen LogP contribution in [-0.4, -0.2) is 79.8 Å². The van der Waals surface area contributed by atoms with E-state index in [1.54, 1.807) is 4.90 Å². The standard InChI is InChI=1S/C17H30N2O6S/c1-26(23,24)19(13-16(20)21)12-15-11-18(9-10-25-15)17(22)14-7-5-3-2-4-6-8-14/h14-15H,2-13H2,1H3,(H,20,21). The number of nitrogens with zero attached hydrogens (tertiary/aromatic N) is 2. The van der Waals surface area contributed by atoms with E-state index >= 15 is 0 Å². The molecule has 1 atom stereocenters. The van der Waals surface area contributed by atoms with Crippen LogP contribution in [0.2, 0.25) is 0 Å². The topological polar surface area (TPSA) is 104 Å². The van der Waals surface area contributed by atoms with E-state index in [9.17, 15) is 18.0 Å². The fourth-order valence-electron chi connectivity index (χ4n) is 3.69. The third-order valence-electron chi connectivity index (χ3n) is 5.09. The number of hydrogen-bond acceptors (Lipinski definition) is 5. The van der Waals surface area contributed by atoms with Gasteiger partial charge in [-0.25, -0.2) is 8.42 Å². The molecule has 1 N–H and O–H groups in total. The predicted octanol–water partition coefficient (Wildman–Crippen LogP) is 0.921. The summed E-state index contributed by atoms with van der Waals surface area (Å²) in [5.74, 6) is -1.04. The molecule has 1 saturated carbocycles. The molecular weight excluding hydrogens is 360 g/mol. The van der Waals surface area contributed by atoms with E-state index < -0.39 is 28.6 Å². The lowest BCUT2D eigenvalue weighted by molar-refractivity contribution is -0.145. The third kappa shape index (κ3) is 6.51. The van der Waals surface area contributed by atoms with Crippen molar-refractivity contribution in [3.63, 3.8) is 0 Å². The molecule has 2 rings (SSSR count). The Morgan fingerprint density at radius 1 is 1.15 bits per heavy atom. The molecule has 9 heteroatoms. The van der Waals surface area contributed by atoms with Crippen molar-refractivity contribution in [3.05, 3.63) is 0 Å². The number of hydrogen-bond donors (Lipinski definition) is 1. The zero-order valence-electron chi connectivity index (χ0n) is 15.4. The van der Waals surface area contributed by atoms with E-state index in [0.29, 0.717) is 19.7 Å². The van der Waals surface area contributed by atoms with E-state index in [-0.39, 0.29) is 18.4 Å². The summed E-state index contributed by atoms with van der Waals surface area (Å²) in [6.07, 6.45) is 8.04. The molecule has 26 heavy (non-hydrogen) atoms. The summed E-state index contributed by atoms with van der Waals surface area (Å²) in [5.41, 5.74) is 0. The van der Waals surface area contributed by atoms with Crippen LogP contribution in [0.15, 0.2) is 0 Å². The van der Waals surface area contributed by atoms with Crippen LogP contribution in [0, 0.1) is 5.92 Å². The molecular formula is C17H30N2O6S. The minimum atomic E-state index is -3.66. The molecule has 1 saturated heterocycles. The van der Waals surface area contributed by atoms with Crippen LogP contribution in [0.1, 0.15) is 44.9 Å². The van der Waals surface area contributed by atoms with Gasteiger partial charge >= 0.3 is 5.97 Å². The third-order valence-corrected chi connectivity index (χ3v) is 6.31. The zero-order chi connectivity index (χ0) is 19.2. The van der Waals surface area contributed by atoms with Gasteiger partial charge in [0.25, 0.3) is 0 Å². The smallest absolute Gasteiger partial charge is 0.318 e. The second-order valence-corrected chi connectivity index (χ2v) is 9.25. The van der Waals surface area contributed by atoms with Gasteiger partial charge in [0, 0.05) is 25.6 Å². The molecule has 2 fully saturated rings. The van der Waals surface area contributed by atoms with Gasteiger partial charge in [-0.05, 0) is 12.8 Å². The summed E-state index contributed by atoms with van der Waals surface area (Å²) in [7, 11) is -3.66. The van der Waals surface area contributed by atoms with Crippen molar-refractivity contribution in [2.24, 2.45) is 5.92 Å². The zero-order valence-corrected chi connectivity index (χ0v) is 16.2. The highest BCUT2D eigenvalue weighted by molar-refractivity contribution is 7.88. The molecule has 0 aromatic carbocycles. The monoisotopic (exact) mass is 390 g/mol. The fourth-order valence-corrected chi connectivity index (χ4v) is 4.47. The maximum atomic E-state index is 12.9. The van der Waals surface area contributed by atoms with E-state index in [1.807, 2.05) is 0 Å². The van der Waals surface area contributed by atoms with Crippen molar-refractivity contribution in [3.8, 4) is 0 Å². The van der Waals surface area contributed by atoms with Crippen LogP contribution in [-0.2, 0) is 24.3 Å². The summed E-state index contributed by atoms with van der Waals surface area (Å²) in [5, 5.41) is 8.93. The van der Waals surface area contributed by atoms with Crippen molar-refractivity contribution in [2.75, 3.05) is 39.0 Å². The molecule has 1 amide bonds. The minimum absolute atomic E-state index is 0.0408. The quantitative estimate of drug-likeness (QED) is 0.723. The van der Waals surface area contributed by atoms with Crippen LogP contribution in [0.25, 0.3) is 0 Å². The number of carbonyl (C=O) groups is 2. The van der Waals surface area contributed by atoms with Gasteiger partial charge < -0.3 is 14.7 Å². The van der Waals surface area contributed by atoms with Crippen molar-refractivity contribution >= 4 is 21.9 Å². The summed E-state index contributed by atoms with van der Waals surface area (Å²) in [6, 6.07) is 0. The second kappa shape index (κ2) is 9.66. The molecule has 1 aliphatic carbocycles. The number of carboxylic acid groups (broad SMARTS) is 1. The van der Waals surface area contributed by atoms with Crippen LogP contribution >= 0.6 is 0 Å². The van der Waals surface area contributed by atoms with Gasteiger partial charge in [-0.2, -0.15) is 4.31 Å². The molecule has 0 aromatic rings. The Bertz CT molecular complexity index is 586. The number of aliphatic carboxylic acids is 1. The van der Waals surface area contributed by atoms with Gasteiger partial charge in [0.05, 0.1) is 19.0 Å². The first kappa shape index (κ1) is 21.1. The summed E-state index contributed by atoms with van der Waals surface area (Å²) in [4.78, 5) is 25.6. The highest BCUT2D eigenvalue weighted by atomic mass is 32.2. The second-order valence-electron chi connectivity index (χ2n) is 7.27. The summed E-state index contributed by atoms with van der Waals surface area (Å²) in [6.45, 7) is 0.493. The van der Waals surface area contributed by atoms with Gasteiger partial charge in [0.1, 0.15) is 6.54 Å². The summed E-state index contributed by atoms with van der Waals surface area (Å²) < 4.78 is 30.1. The highest BCUT2D eigenvalue weighted by Crippen LogP contribution is 2.25. The number of sulfonamides is 1. The van der Waals surface area contributed by atoms with Crippen molar-refractivity contribution in [1.82, 2.24) is 9.21 Å². The Kier molecular flexibility index (Phi) is 7.85. The van der Waals surface area contributed by atoms with Gasteiger partial charge in [0.15, 0.2) is 0 Å². The maximum absolute atomic E-state index is 12.9. The van der Waals surface area contributed by atoms with Gasteiger partial charge in [-0.15, -0.1) is 0 Å². The average Bonchev–Trinajstić information content (AvgIpc) is 2.52. The molecule has 8 nitrogen and oxygen atoms in total. The molecule has 0 radical (unpaired) electrons. The van der Waals surface area contributed by atoms with E-state index in [2.05, 4.69) is 0 Å². The average molecular weight is 391 g/mol. The number of morpholine rings is 1. The van der Waals surface area contributed by atoms with Crippen molar-refractivity contribution < 1.29 is 27.9 Å². The Balaban J connectivity index is 1.96. The first-order valence-electron chi connectivity index (χ1n) is 9.34. The summed E-state index contributed by atoms with van der Waals surface area (Å²) >= 11 is 0. The molecule has 1 aliphatic heterocycles. The number of carboxylic acids is 1. The van der Waals surface area contributed by atoms with E-state index in [0.717, 1.165) is 36.2 Å². The lowest BCUT2D eigenvalue weighted by Gasteiger charge is -2.36. The van der Waals surface area contributed by atoms with Gasteiger partial charge in [0.2, 0.25) is 15.9 Å². The van der Waals surface area contributed by atoms with Gasteiger partial charge in [-0.1, -0.05) is 32.1 Å². The maximum Gasteiger partial charge on any atom is 0.318 e. The Hall–Kier alpha value is -1.19. The molecule has 2 aliphatic rings. The first-order valence-corrected chi connectivity index (χ1v) is 11.2. The van der Waals surface area contributed by atoms with Crippen LogP contribution in [0.4, 0.5) is 0 Å². The fraction of sp³-hybridized carbons (Fsp3) is 0.882. The lowest BCUT2D eigenvalue weighted by Crippen LogP contribution is -2.52. The van der Waals surface area contributed by atoms with Gasteiger partial charge in [-0.3, -0.25) is 9.59 Å². The SMILES string of the molecule is CS(=O)(=O)N(CC(=O)O)CC1CN(C(=O)C2CCCCCCC2)CCO1. The molecule has 150 valence electrons. The molecule has 0 aromatic heterocycles. The number of rotatable bonds is 6. The Labute approximate surface area is 155 Å². The first-order chi connectivity index (χ1) is 12.3. The highest BCUT2D eigenvalue weighted by Gasteiger charge is 2.32. The number of ether oxygens (including phenoxy) is 1. The van der Waals surface area contributed by atoms with Crippen LogP contribution in [0.3, 0.4) is 0 Å². The Morgan fingerprint density at radius 2 is 1.77 bits per heavy atom. The lowest BCUT2D eigenvalue weighted by atomic mass is 9.90.